The molecule has 3 heterocycles. The number of para-hydroxylation sites is 2. The van der Waals surface area contributed by atoms with Crippen molar-refractivity contribution in [1.82, 2.24) is 23.1 Å². The van der Waals surface area contributed by atoms with Crippen molar-refractivity contribution in [2.24, 2.45) is 7.05 Å². The summed E-state index contributed by atoms with van der Waals surface area (Å²) in [5.74, 6) is 1.20. The summed E-state index contributed by atoms with van der Waals surface area (Å²) < 4.78 is 12.2. The molecule has 4 aromatic rings. The number of allylic oxidation sites excluding steroid dienone is 1. The van der Waals surface area contributed by atoms with Crippen LogP contribution in [0.15, 0.2) is 64.4 Å². The number of hydrogen-bond donors (Lipinski definition) is 0. The lowest BCUT2D eigenvalue weighted by Crippen LogP contribution is -2.39. The fourth-order valence-corrected chi connectivity index (χ4v) is 3.68. The van der Waals surface area contributed by atoms with Crippen molar-refractivity contribution in [1.29, 1.82) is 0 Å². The molecule has 160 valence electrons. The van der Waals surface area contributed by atoms with Crippen molar-refractivity contribution in [2.75, 3.05) is 6.61 Å². The van der Waals surface area contributed by atoms with E-state index in [1.54, 1.807) is 18.4 Å². The summed E-state index contributed by atoms with van der Waals surface area (Å²) in [6.07, 6.45) is 1.84. The van der Waals surface area contributed by atoms with Crippen LogP contribution < -0.4 is 16.0 Å². The molecule has 0 fully saturated rings. The largest absolute Gasteiger partial charge is 0.487 e. The van der Waals surface area contributed by atoms with Gasteiger partial charge in [0.1, 0.15) is 12.4 Å². The normalized spacial score (nSPS) is 11.4. The predicted octanol–water partition coefficient (Wildman–Crippen LogP) is 2.98. The van der Waals surface area contributed by atoms with Gasteiger partial charge in [0.15, 0.2) is 11.2 Å². The van der Waals surface area contributed by atoms with Crippen molar-refractivity contribution < 1.29 is 4.74 Å². The topological polar surface area (TPSA) is 75.5 Å². The molecule has 0 aliphatic heterocycles. The number of rotatable bonds is 6. The molecule has 8 heteroatoms. The molecule has 0 aliphatic rings. The molecule has 0 amide bonds. The van der Waals surface area contributed by atoms with Crippen molar-refractivity contribution in [2.45, 2.75) is 27.3 Å². The van der Waals surface area contributed by atoms with Gasteiger partial charge in [0, 0.05) is 18.9 Å². The molecule has 0 radical (unpaired) electrons. The summed E-state index contributed by atoms with van der Waals surface area (Å²) in [6.45, 7) is 13.9. The summed E-state index contributed by atoms with van der Waals surface area (Å²) in [6, 6.07) is 7.62. The van der Waals surface area contributed by atoms with E-state index in [1.807, 2.05) is 48.9 Å². The Labute approximate surface area is 178 Å². The molecule has 1 aromatic carbocycles. The number of imidazole rings is 2. The Kier molecular flexibility index (Phi) is 4.93. The predicted molar refractivity (Wildman–Crippen MR) is 121 cm³/mol. The highest BCUT2D eigenvalue weighted by molar-refractivity contribution is 5.76. The van der Waals surface area contributed by atoms with Gasteiger partial charge in [-0.2, -0.15) is 4.98 Å². The lowest BCUT2D eigenvalue weighted by molar-refractivity contribution is 0.351. The van der Waals surface area contributed by atoms with Crippen LogP contribution in [-0.4, -0.2) is 29.7 Å². The van der Waals surface area contributed by atoms with Crippen LogP contribution in [0.2, 0.25) is 0 Å². The van der Waals surface area contributed by atoms with Gasteiger partial charge in [-0.25, -0.2) is 4.79 Å². The zero-order valence-electron chi connectivity index (χ0n) is 18.2. The summed E-state index contributed by atoms with van der Waals surface area (Å²) in [7, 11) is 1.62. The fraction of sp³-hybridized carbons (Fsp3) is 0.261. The van der Waals surface area contributed by atoms with E-state index in [-0.39, 0.29) is 6.54 Å². The molecular formula is C23H25N5O3. The Bertz CT molecular complexity index is 1480. The summed E-state index contributed by atoms with van der Waals surface area (Å²) in [4.78, 5) is 30.7. The van der Waals surface area contributed by atoms with Crippen LogP contribution in [0.5, 0.6) is 5.75 Å². The SMILES string of the molecule is C=C(C)COc1ccccc1-n1c(C)cn2c3c(=O)n(CC(=C)C)c(=O)n(C)c3nc12. The highest BCUT2D eigenvalue weighted by Crippen LogP contribution is 2.28. The molecule has 8 nitrogen and oxygen atoms in total. The number of aromatic nitrogens is 5. The minimum Gasteiger partial charge on any atom is -0.487 e. The summed E-state index contributed by atoms with van der Waals surface area (Å²) in [5, 5.41) is 0. The van der Waals surface area contributed by atoms with Gasteiger partial charge < -0.3 is 4.74 Å². The summed E-state index contributed by atoms with van der Waals surface area (Å²) >= 11 is 0. The maximum Gasteiger partial charge on any atom is 0.332 e. The fourth-order valence-electron chi connectivity index (χ4n) is 3.68. The first-order valence-electron chi connectivity index (χ1n) is 9.91. The lowest BCUT2D eigenvalue weighted by Gasteiger charge is -2.13. The molecule has 0 saturated carbocycles. The second-order valence-corrected chi connectivity index (χ2v) is 7.96. The highest BCUT2D eigenvalue weighted by atomic mass is 16.5. The number of hydrogen-bond acceptors (Lipinski definition) is 4. The molecule has 0 unspecified atom stereocenters. The molecule has 0 aliphatic carbocycles. The van der Waals surface area contributed by atoms with Crippen LogP contribution in [0.3, 0.4) is 0 Å². The summed E-state index contributed by atoms with van der Waals surface area (Å²) in [5.41, 5.74) is 3.15. The van der Waals surface area contributed by atoms with Gasteiger partial charge in [0.2, 0.25) is 5.78 Å². The van der Waals surface area contributed by atoms with Gasteiger partial charge >= 0.3 is 5.69 Å². The molecule has 3 aromatic heterocycles. The maximum absolute atomic E-state index is 13.2. The Morgan fingerprint density at radius 2 is 1.84 bits per heavy atom. The minimum absolute atomic E-state index is 0.159. The number of aryl methyl sites for hydroxylation is 2. The molecule has 0 saturated heterocycles. The maximum atomic E-state index is 13.2. The average molecular weight is 419 g/mol. The van der Waals surface area contributed by atoms with E-state index in [4.69, 9.17) is 4.74 Å². The smallest absolute Gasteiger partial charge is 0.332 e. The van der Waals surface area contributed by atoms with E-state index in [9.17, 15) is 9.59 Å². The Morgan fingerprint density at radius 1 is 1.13 bits per heavy atom. The van der Waals surface area contributed by atoms with Crippen LogP contribution in [0, 0.1) is 6.92 Å². The van der Waals surface area contributed by atoms with Gasteiger partial charge in [0.05, 0.1) is 12.2 Å². The Morgan fingerprint density at radius 3 is 2.52 bits per heavy atom. The van der Waals surface area contributed by atoms with Gasteiger partial charge in [-0.05, 0) is 38.5 Å². The van der Waals surface area contributed by atoms with Gasteiger partial charge in [0.25, 0.3) is 5.56 Å². The zero-order chi connectivity index (χ0) is 22.4. The lowest BCUT2D eigenvalue weighted by atomic mass is 10.2. The standard InChI is InChI=1S/C23H25N5O3/c1-14(2)11-27-21(29)19-20(25(6)23(27)30)24-22-26(19)12-16(5)28(22)17-9-7-8-10-18(17)31-13-15(3)4/h7-10,12H,1,3,11,13H2,2,4-6H3. The Hall–Kier alpha value is -3.81. The van der Waals surface area contributed by atoms with Gasteiger partial charge in [-0.3, -0.25) is 22.9 Å². The molecule has 31 heavy (non-hydrogen) atoms. The third-order valence-corrected chi connectivity index (χ3v) is 5.03. The molecular weight excluding hydrogens is 394 g/mol. The van der Waals surface area contributed by atoms with Gasteiger partial charge in [-0.1, -0.05) is 30.9 Å². The average Bonchev–Trinajstić information content (AvgIpc) is 3.22. The monoisotopic (exact) mass is 419 g/mol. The molecule has 0 N–H and O–H groups in total. The second-order valence-electron chi connectivity index (χ2n) is 7.96. The first kappa shape index (κ1) is 20.5. The van der Waals surface area contributed by atoms with Crippen molar-refractivity contribution in [3.05, 3.63) is 81.3 Å². The van der Waals surface area contributed by atoms with Crippen molar-refractivity contribution in [3.63, 3.8) is 0 Å². The minimum atomic E-state index is -0.422. The van der Waals surface area contributed by atoms with E-state index in [0.29, 0.717) is 29.3 Å². The van der Waals surface area contributed by atoms with E-state index in [0.717, 1.165) is 22.5 Å². The zero-order valence-corrected chi connectivity index (χ0v) is 18.2. The number of fused-ring (bicyclic) bond motifs is 3. The second kappa shape index (κ2) is 7.46. The number of nitrogens with zero attached hydrogens (tertiary/aromatic N) is 5. The quantitative estimate of drug-likeness (QED) is 0.450. The van der Waals surface area contributed by atoms with E-state index < -0.39 is 11.2 Å². The first-order valence-corrected chi connectivity index (χ1v) is 9.91. The van der Waals surface area contributed by atoms with Crippen molar-refractivity contribution in [3.8, 4) is 11.4 Å². The van der Waals surface area contributed by atoms with E-state index in [2.05, 4.69) is 18.1 Å². The number of ether oxygens (including phenoxy) is 1. The third kappa shape index (κ3) is 3.30. The highest BCUT2D eigenvalue weighted by Gasteiger charge is 2.21. The van der Waals surface area contributed by atoms with Crippen LogP contribution in [0.4, 0.5) is 0 Å². The molecule has 0 atom stereocenters. The van der Waals surface area contributed by atoms with Crippen LogP contribution >= 0.6 is 0 Å². The molecule has 0 bridgehead atoms. The molecule has 0 spiro atoms. The Balaban J connectivity index is 2.03. The van der Waals surface area contributed by atoms with Crippen LogP contribution in [0.1, 0.15) is 19.5 Å². The van der Waals surface area contributed by atoms with Crippen LogP contribution in [0.25, 0.3) is 22.6 Å². The van der Waals surface area contributed by atoms with E-state index >= 15 is 0 Å². The van der Waals surface area contributed by atoms with Crippen LogP contribution in [-0.2, 0) is 13.6 Å². The first-order chi connectivity index (χ1) is 14.7. The third-order valence-electron chi connectivity index (χ3n) is 5.03. The number of benzene rings is 1. The van der Waals surface area contributed by atoms with E-state index in [1.165, 1.54) is 9.13 Å². The molecule has 4 rings (SSSR count). The van der Waals surface area contributed by atoms with Crippen molar-refractivity contribution >= 4 is 16.9 Å². The van der Waals surface area contributed by atoms with Gasteiger partial charge in [-0.15, -0.1) is 0 Å².